The number of piperazine rings is 1. The van der Waals surface area contributed by atoms with Gasteiger partial charge < -0.3 is 28.9 Å². The van der Waals surface area contributed by atoms with Crippen molar-refractivity contribution in [3.8, 4) is 17.2 Å². The number of anilines is 1. The number of carbonyl (C=O) groups is 1. The molecule has 0 bridgehead atoms. The van der Waals surface area contributed by atoms with Gasteiger partial charge in [-0.1, -0.05) is 0 Å². The van der Waals surface area contributed by atoms with Crippen LogP contribution in [0.25, 0.3) is 10.9 Å². The summed E-state index contributed by atoms with van der Waals surface area (Å²) >= 11 is 0. The highest BCUT2D eigenvalue weighted by molar-refractivity contribution is 6.00. The number of benzene rings is 2. The van der Waals surface area contributed by atoms with Crippen LogP contribution in [0.1, 0.15) is 28.9 Å². The second kappa shape index (κ2) is 9.74. The summed E-state index contributed by atoms with van der Waals surface area (Å²) in [6, 6.07) is 5.60. The average molecular weight is 510 g/mol. The van der Waals surface area contributed by atoms with E-state index in [1.54, 1.807) is 16.7 Å². The number of nitrogens with one attached hydrogen (secondary N) is 1. The zero-order chi connectivity index (χ0) is 26.3. The van der Waals surface area contributed by atoms with Crippen molar-refractivity contribution in [1.82, 2.24) is 14.9 Å². The van der Waals surface area contributed by atoms with Crippen LogP contribution >= 0.6 is 0 Å². The molecule has 2 N–H and O–H groups in total. The normalized spacial score (nSPS) is 17.7. The maximum Gasteiger partial charge on any atom is 0.276 e. The first-order chi connectivity index (χ1) is 17.8. The minimum Gasteiger partial charge on any atom is -0.504 e. The van der Waals surface area contributed by atoms with Crippen LogP contribution < -0.4 is 25.2 Å². The van der Waals surface area contributed by atoms with E-state index in [2.05, 4.69) is 15.4 Å². The topological polar surface area (TPSA) is 109 Å². The highest BCUT2D eigenvalue weighted by Crippen LogP contribution is 2.42. The number of likely N-dealkylation sites (N-methyl/N-ethyl adjacent to an activating group) is 1. The number of phenols is 1. The Morgan fingerprint density at radius 1 is 1.27 bits per heavy atom. The Labute approximate surface area is 212 Å². The van der Waals surface area contributed by atoms with Gasteiger partial charge in [0.1, 0.15) is 17.9 Å². The number of carbonyl (C=O) groups excluding carboxylic acids is 1. The molecule has 5 rings (SSSR count). The van der Waals surface area contributed by atoms with Gasteiger partial charge in [-0.3, -0.25) is 9.59 Å². The molecule has 11 heteroatoms. The number of amides is 1. The molecule has 1 unspecified atom stereocenters. The van der Waals surface area contributed by atoms with E-state index in [1.165, 1.54) is 31.7 Å². The Morgan fingerprint density at radius 3 is 2.76 bits per heavy atom. The van der Waals surface area contributed by atoms with Crippen LogP contribution in [0.15, 0.2) is 40.4 Å². The fraction of sp³-hybridized carbons (Fsp3) is 0.346. The molecule has 3 heterocycles. The van der Waals surface area contributed by atoms with E-state index >= 15 is 4.39 Å². The molecule has 0 aliphatic carbocycles. The maximum absolute atomic E-state index is 15.5. The van der Waals surface area contributed by atoms with Gasteiger partial charge in [-0.2, -0.15) is 5.10 Å². The van der Waals surface area contributed by atoms with E-state index in [-0.39, 0.29) is 35.1 Å². The van der Waals surface area contributed by atoms with Crippen LogP contribution in [0.5, 0.6) is 17.2 Å². The molecule has 2 aliphatic rings. The van der Waals surface area contributed by atoms with Gasteiger partial charge >= 0.3 is 0 Å². The second-order valence-corrected chi connectivity index (χ2v) is 9.29. The number of halogens is 1. The highest BCUT2D eigenvalue weighted by atomic mass is 19.1. The largest absolute Gasteiger partial charge is 0.504 e. The third kappa shape index (κ3) is 4.46. The second-order valence-electron chi connectivity index (χ2n) is 9.29. The van der Waals surface area contributed by atoms with E-state index in [1.807, 2.05) is 18.9 Å². The van der Waals surface area contributed by atoms with Crippen molar-refractivity contribution < 1.29 is 23.8 Å². The van der Waals surface area contributed by atoms with Gasteiger partial charge in [0.2, 0.25) is 5.43 Å². The summed E-state index contributed by atoms with van der Waals surface area (Å²) in [4.78, 5) is 30.4. The van der Waals surface area contributed by atoms with Gasteiger partial charge in [0.15, 0.2) is 23.1 Å². The molecule has 1 atom stereocenters. The fourth-order valence-corrected chi connectivity index (χ4v) is 4.70. The monoisotopic (exact) mass is 509 g/mol. The number of pyridine rings is 1. The number of phenolic OH excluding ortho intramolecular Hbond substituents is 1. The van der Waals surface area contributed by atoms with Gasteiger partial charge in [-0.25, -0.2) is 9.82 Å². The van der Waals surface area contributed by atoms with Crippen molar-refractivity contribution in [3.63, 3.8) is 0 Å². The minimum atomic E-state index is -0.721. The number of hydrogen-bond acceptors (Lipinski definition) is 8. The van der Waals surface area contributed by atoms with Gasteiger partial charge in [0.05, 0.1) is 30.3 Å². The maximum atomic E-state index is 15.5. The third-order valence-electron chi connectivity index (χ3n) is 6.79. The predicted molar refractivity (Wildman–Crippen MR) is 138 cm³/mol. The molecule has 2 aromatic carbocycles. The lowest BCUT2D eigenvalue weighted by Crippen LogP contribution is -2.45. The summed E-state index contributed by atoms with van der Waals surface area (Å²) in [5.74, 6) is -0.709. The summed E-state index contributed by atoms with van der Waals surface area (Å²) in [5.41, 5.74) is 3.00. The molecule has 1 saturated heterocycles. The first-order valence-corrected chi connectivity index (χ1v) is 12.0. The van der Waals surface area contributed by atoms with Crippen molar-refractivity contribution >= 4 is 28.7 Å². The van der Waals surface area contributed by atoms with E-state index < -0.39 is 17.2 Å². The first kappa shape index (κ1) is 24.6. The number of hydrazone groups is 1. The van der Waals surface area contributed by atoms with Crippen molar-refractivity contribution in [3.05, 3.63) is 57.6 Å². The quantitative estimate of drug-likeness (QED) is 0.401. The number of nitrogens with zero attached hydrogens (tertiary/aromatic N) is 4. The van der Waals surface area contributed by atoms with Crippen LogP contribution in [0.4, 0.5) is 10.1 Å². The zero-order valence-corrected chi connectivity index (χ0v) is 20.8. The van der Waals surface area contributed by atoms with Crippen molar-refractivity contribution in [2.24, 2.45) is 5.10 Å². The smallest absolute Gasteiger partial charge is 0.276 e. The molecule has 1 aromatic heterocycles. The molecule has 0 saturated carbocycles. The molecule has 0 spiro atoms. The molecule has 0 radical (unpaired) electrons. The third-order valence-corrected chi connectivity index (χ3v) is 6.79. The van der Waals surface area contributed by atoms with Gasteiger partial charge in [0, 0.05) is 32.4 Å². The number of aromatic nitrogens is 1. The van der Waals surface area contributed by atoms with E-state index in [4.69, 9.17) is 9.47 Å². The molecule has 1 fully saturated rings. The van der Waals surface area contributed by atoms with Crippen LogP contribution in [-0.2, 0) is 0 Å². The summed E-state index contributed by atoms with van der Waals surface area (Å²) in [7, 11) is 3.44. The Balaban J connectivity index is 1.51. The fourth-order valence-electron chi connectivity index (χ4n) is 4.70. The van der Waals surface area contributed by atoms with Gasteiger partial charge in [-0.15, -0.1) is 0 Å². The Bertz CT molecular complexity index is 1460. The van der Waals surface area contributed by atoms with Gasteiger partial charge in [0.25, 0.3) is 5.91 Å². The molecule has 3 aromatic rings. The number of rotatable bonds is 5. The van der Waals surface area contributed by atoms with E-state index in [0.29, 0.717) is 35.6 Å². The average Bonchev–Trinajstić information content (AvgIpc) is 2.88. The van der Waals surface area contributed by atoms with Crippen LogP contribution in [0.2, 0.25) is 0 Å². The number of aromatic hydroxyl groups is 1. The van der Waals surface area contributed by atoms with E-state index in [0.717, 1.165) is 13.1 Å². The lowest BCUT2D eigenvalue weighted by Gasteiger charge is -2.37. The summed E-state index contributed by atoms with van der Waals surface area (Å²) in [5, 5.41) is 13.7. The SMILES string of the molecule is COc1cc(/C=N/NC(=O)c2cn3c4c(c(N5CCN(C)CC5)c(F)cc4c2=O)OCC3C)ccc1O. The molecule has 10 nitrogen and oxygen atoms in total. The molecule has 1 amide bonds. The number of hydrogen-bond donors (Lipinski definition) is 2. The van der Waals surface area contributed by atoms with Crippen molar-refractivity contribution in [2.75, 3.05) is 51.8 Å². The van der Waals surface area contributed by atoms with Crippen LogP contribution in [0.3, 0.4) is 0 Å². The first-order valence-electron chi connectivity index (χ1n) is 12.0. The predicted octanol–water partition coefficient (Wildman–Crippen LogP) is 2.32. The van der Waals surface area contributed by atoms with Crippen LogP contribution in [-0.4, -0.2) is 73.6 Å². The molecular weight excluding hydrogens is 481 g/mol. The Kier molecular flexibility index (Phi) is 6.46. The summed E-state index contributed by atoms with van der Waals surface area (Å²) < 4.78 is 28.3. The number of ether oxygens (including phenoxy) is 2. The van der Waals surface area contributed by atoms with Crippen molar-refractivity contribution in [1.29, 1.82) is 0 Å². The molecule has 194 valence electrons. The molecule has 37 heavy (non-hydrogen) atoms. The summed E-state index contributed by atoms with van der Waals surface area (Å²) in [6.45, 7) is 5.04. The molecule has 2 aliphatic heterocycles. The lowest BCUT2D eigenvalue weighted by atomic mass is 10.0. The highest BCUT2D eigenvalue weighted by Gasteiger charge is 2.31. The Morgan fingerprint density at radius 2 is 2.03 bits per heavy atom. The van der Waals surface area contributed by atoms with E-state index in [9.17, 15) is 14.7 Å². The van der Waals surface area contributed by atoms with Crippen molar-refractivity contribution in [2.45, 2.75) is 13.0 Å². The van der Waals surface area contributed by atoms with Gasteiger partial charge in [-0.05, 0) is 43.8 Å². The minimum absolute atomic E-state index is 0.0256. The Hall–Kier alpha value is -4.12. The molecular formula is C26H28FN5O5. The van der Waals surface area contributed by atoms with Crippen LogP contribution in [0, 0.1) is 5.82 Å². The lowest BCUT2D eigenvalue weighted by molar-refractivity contribution is 0.0953. The standard InChI is InChI=1S/C26H28FN5O5/c1-15-14-37-25-22-17(11-19(27)23(25)31-8-6-30(2)7-9-31)24(34)18(13-32(15)22)26(35)29-28-12-16-4-5-20(33)21(10-16)36-3/h4-5,10-13,15,33H,6-9,14H2,1-3H3,(H,29,35)/b28-12+. The zero-order valence-electron chi connectivity index (χ0n) is 20.8. The summed E-state index contributed by atoms with van der Waals surface area (Å²) in [6.07, 6.45) is 2.85. The number of methoxy groups -OCH3 is 1.